The maximum atomic E-state index is 14.9. The van der Waals surface area contributed by atoms with Crippen LogP contribution >= 0.6 is 0 Å². The van der Waals surface area contributed by atoms with Gasteiger partial charge in [-0.15, -0.1) is 0 Å². The van der Waals surface area contributed by atoms with Crippen molar-refractivity contribution in [2.24, 2.45) is 0 Å². The summed E-state index contributed by atoms with van der Waals surface area (Å²) in [5.74, 6) is -1.41. The van der Waals surface area contributed by atoms with Crippen molar-refractivity contribution in [2.75, 3.05) is 17.1 Å². The predicted molar refractivity (Wildman–Crippen MR) is 169 cm³/mol. The van der Waals surface area contributed by atoms with Crippen LogP contribution in [-0.2, 0) is 38.8 Å². The minimum atomic E-state index is -4.67. The number of hydrogen-bond acceptors (Lipinski definition) is 4. The van der Waals surface area contributed by atoms with Gasteiger partial charge in [0.25, 0.3) is 0 Å². The van der Waals surface area contributed by atoms with Crippen molar-refractivity contribution in [2.45, 2.75) is 76.2 Å². The van der Waals surface area contributed by atoms with Crippen LogP contribution in [0.1, 0.15) is 61.6 Å². The molecule has 1 fully saturated rings. The van der Waals surface area contributed by atoms with Crippen LogP contribution in [-0.4, -0.2) is 50.0 Å². The number of alkyl halides is 3. The quantitative estimate of drug-likeness (QED) is 0.213. The number of hydrogen-bond donors (Lipinski definition) is 1. The van der Waals surface area contributed by atoms with E-state index < -0.39 is 39.5 Å². The van der Waals surface area contributed by atoms with Crippen LogP contribution in [0.4, 0.5) is 23.2 Å². The first-order valence-electron chi connectivity index (χ1n) is 15.3. The minimum Gasteiger partial charge on any atom is -0.352 e. The molecule has 248 valence electrons. The number of carbonyl (C=O) groups excluding carboxylic acids is 2. The van der Waals surface area contributed by atoms with Crippen molar-refractivity contribution in [3.05, 3.63) is 101 Å². The van der Waals surface area contributed by atoms with Gasteiger partial charge in [0.1, 0.15) is 11.9 Å². The first-order chi connectivity index (χ1) is 21.8. The smallest absolute Gasteiger partial charge is 0.352 e. The van der Waals surface area contributed by atoms with Gasteiger partial charge in [-0.2, -0.15) is 13.2 Å². The molecule has 1 aliphatic carbocycles. The number of anilines is 1. The standard InChI is InChI=1S/C34H39F4N3O4S/c1-46(44,45)41(29-18-10-15-27(23-29)34(36,37)38)21-11-20-32(42)40(24-26-14-8-9-19-30(26)35)31(22-25-12-4-2-5-13-25)33(43)39-28-16-6-3-7-17-28/h2,4-5,8-10,12-15,18-19,23,28,31H,3,6-7,11,16-17,20-22,24H2,1H3,(H,39,43)/t31-/m0/s1. The van der Waals surface area contributed by atoms with E-state index in [4.69, 9.17) is 0 Å². The molecular weight excluding hydrogens is 622 g/mol. The van der Waals surface area contributed by atoms with Gasteiger partial charge in [0, 0.05) is 37.5 Å². The molecule has 1 N–H and O–H groups in total. The molecular formula is C34H39F4N3O4S. The van der Waals surface area contributed by atoms with Gasteiger partial charge in [-0.1, -0.05) is 73.9 Å². The van der Waals surface area contributed by atoms with E-state index in [1.807, 2.05) is 30.3 Å². The van der Waals surface area contributed by atoms with Crippen molar-refractivity contribution in [1.29, 1.82) is 0 Å². The molecule has 2 amide bonds. The third-order valence-electron chi connectivity index (χ3n) is 8.13. The number of halogens is 4. The van der Waals surface area contributed by atoms with Crippen molar-refractivity contribution < 1.29 is 35.6 Å². The van der Waals surface area contributed by atoms with E-state index in [9.17, 15) is 35.6 Å². The molecule has 1 saturated carbocycles. The van der Waals surface area contributed by atoms with E-state index in [1.165, 1.54) is 29.2 Å². The first kappa shape index (κ1) is 34.9. The van der Waals surface area contributed by atoms with Crippen LogP contribution in [0, 0.1) is 5.82 Å². The van der Waals surface area contributed by atoms with Crippen LogP contribution < -0.4 is 9.62 Å². The molecule has 0 heterocycles. The molecule has 1 atom stereocenters. The fraction of sp³-hybridized carbons (Fsp3) is 0.412. The Balaban J connectivity index is 1.60. The Morgan fingerprint density at radius 3 is 2.26 bits per heavy atom. The number of carbonyl (C=O) groups is 2. The Hall–Kier alpha value is -3.93. The van der Waals surface area contributed by atoms with E-state index in [2.05, 4.69) is 5.32 Å². The number of amides is 2. The minimum absolute atomic E-state index is 0.0410. The van der Waals surface area contributed by atoms with Crippen molar-refractivity contribution in [3.8, 4) is 0 Å². The molecule has 0 unspecified atom stereocenters. The van der Waals surface area contributed by atoms with Gasteiger partial charge < -0.3 is 10.2 Å². The summed E-state index contributed by atoms with van der Waals surface area (Å²) in [6.07, 6.45) is 0.772. The van der Waals surface area contributed by atoms with Crippen LogP contribution in [0.25, 0.3) is 0 Å². The van der Waals surface area contributed by atoms with Crippen LogP contribution in [0.2, 0.25) is 0 Å². The van der Waals surface area contributed by atoms with Crippen LogP contribution in [0.3, 0.4) is 0 Å². The van der Waals surface area contributed by atoms with Gasteiger partial charge in [-0.05, 0) is 49.1 Å². The summed E-state index contributed by atoms with van der Waals surface area (Å²) in [6.45, 7) is -0.485. The lowest BCUT2D eigenvalue weighted by atomic mass is 9.94. The summed E-state index contributed by atoms with van der Waals surface area (Å²) >= 11 is 0. The zero-order valence-electron chi connectivity index (χ0n) is 25.7. The molecule has 4 rings (SSSR count). The summed E-state index contributed by atoms with van der Waals surface area (Å²) in [5.41, 5.74) is -0.174. The molecule has 0 saturated heterocycles. The second kappa shape index (κ2) is 15.6. The highest BCUT2D eigenvalue weighted by molar-refractivity contribution is 7.92. The average molecular weight is 662 g/mol. The number of rotatable bonds is 13. The Bertz CT molecular complexity index is 1580. The molecule has 0 aliphatic heterocycles. The summed E-state index contributed by atoms with van der Waals surface area (Å²) in [7, 11) is -4.01. The molecule has 0 aromatic heterocycles. The maximum absolute atomic E-state index is 14.9. The van der Waals surface area contributed by atoms with Crippen LogP contribution in [0.15, 0.2) is 78.9 Å². The molecule has 7 nitrogen and oxygen atoms in total. The predicted octanol–water partition coefficient (Wildman–Crippen LogP) is 6.48. The highest BCUT2D eigenvalue weighted by atomic mass is 32.2. The molecule has 12 heteroatoms. The first-order valence-corrected chi connectivity index (χ1v) is 17.2. The van der Waals surface area contributed by atoms with E-state index in [0.717, 1.165) is 66.4 Å². The zero-order valence-corrected chi connectivity index (χ0v) is 26.5. The number of sulfonamides is 1. The van der Waals surface area contributed by atoms with Gasteiger partial charge in [0.05, 0.1) is 17.5 Å². The largest absolute Gasteiger partial charge is 0.416 e. The number of benzene rings is 3. The van der Waals surface area contributed by atoms with E-state index in [1.54, 1.807) is 6.07 Å². The fourth-order valence-corrected chi connectivity index (χ4v) is 6.71. The lowest BCUT2D eigenvalue weighted by Crippen LogP contribution is -2.53. The third-order valence-corrected chi connectivity index (χ3v) is 9.33. The van der Waals surface area contributed by atoms with Crippen molar-refractivity contribution >= 4 is 27.5 Å². The summed E-state index contributed by atoms with van der Waals surface area (Å²) < 4.78 is 81.0. The topological polar surface area (TPSA) is 86.8 Å². The van der Waals surface area contributed by atoms with E-state index in [0.29, 0.717) is 0 Å². The van der Waals surface area contributed by atoms with Gasteiger partial charge in [-0.3, -0.25) is 13.9 Å². The normalized spacial score (nSPS) is 14.8. The highest BCUT2D eigenvalue weighted by Gasteiger charge is 2.33. The van der Waals surface area contributed by atoms with E-state index >= 15 is 0 Å². The molecule has 0 spiro atoms. The Labute approximate surface area is 267 Å². The summed E-state index contributed by atoms with van der Waals surface area (Å²) in [4.78, 5) is 29.1. The lowest BCUT2D eigenvalue weighted by molar-refractivity contribution is -0.141. The molecule has 3 aromatic carbocycles. The molecule has 1 aliphatic rings. The SMILES string of the molecule is CS(=O)(=O)N(CCCC(=O)N(Cc1ccccc1F)[C@@H](Cc1ccccc1)C(=O)NC1CCCCC1)c1cccc(C(F)(F)F)c1. The van der Waals surface area contributed by atoms with E-state index in [-0.39, 0.29) is 55.6 Å². The van der Waals surface area contributed by atoms with Crippen molar-refractivity contribution in [1.82, 2.24) is 10.2 Å². The highest BCUT2D eigenvalue weighted by Crippen LogP contribution is 2.32. The lowest BCUT2D eigenvalue weighted by Gasteiger charge is -2.34. The molecule has 3 aromatic rings. The van der Waals surface area contributed by atoms with Gasteiger partial charge in [0.15, 0.2) is 0 Å². The van der Waals surface area contributed by atoms with Crippen LogP contribution in [0.5, 0.6) is 0 Å². The average Bonchev–Trinajstić information content (AvgIpc) is 3.01. The third kappa shape index (κ3) is 9.78. The van der Waals surface area contributed by atoms with Gasteiger partial charge in [0.2, 0.25) is 21.8 Å². The Kier molecular flexibility index (Phi) is 11.8. The van der Waals surface area contributed by atoms with Gasteiger partial charge >= 0.3 is 6.18 Å². The zero-order chi connectivity index (χ0) is 33.3. The second-order valence-corrected chi connectivity index (χ2v) is 13.6. The number of nitrogens with zero attached hydrogens (tertiary/aromatic N) is 2. The fourth-order valence-electron chi connectivity index (χ4n) is 5.75. The van der Waals surface area contributed by atoms with Crippen molar-refractivity contribution in [3.63, 3.8) is 0 Å². The Morgan fingerprint density at radius 2 is 1.61 bits per heavy atom. The monoisotopic (exact) mass is 661 g/mol. The summed E-state index contributed by atoms with van der Waals surface area (Å²) in [5, 5.41) is 3.10. The number of nitrogens with one attached hydrogen (secondary N) is 1. The second-order valence-electron chi connectivity index (χ2n) is 11.6. The summed E-state index contributed by atoms with van der Waals surface area (Å²) in [6, 6.07) is 18.1. The molecule has 0 bridgehead atoms. The molecule has 46 heavy (non-hydrogen) atoms. The maximum Gasteiger partial charge on any atom is 0.416 e. The Morgan fingerprint density at radius 1 is 0.935 bits per heavy atom. The van der Waals surface area contributed by atoms with Gasteiger partial charge in [-0.25, -0.2) is 12.8 Å². The molecule has 0 radical (unpaired) electrons.